The molecule has 1 aliphatic carbocycles. The van der Waals surface area contributed by atoms with Gasteiger partial charge in [0, 0.05) is 36.1 Å². The van der Waals surface area contributed by atoms with Gasteiger partial charge in [-0.15, -0.1) is 11.3 Å². The highest BCUT2D eigenvalue weighted by Gasteiger charge is 2.20. The predicted molar refractivity (Wildman–Crippen MR) is 114 cm³/mol. The summed E-state index contributed by atoms with van der Waals surface area (Å²) in [6.07, 6.45) is 6.18. The van der Waals surface area contributed by atoms with Crippen LogP contribution in [0.25, 0.3) is 20.8 Å². The summed E-state index contributed by atoms with van der Waals surface area (Å²) >= 11 is 1.45. The number of carbonyl (C=O) groups excluding carboxylic acids is 1. The summed E-state index contributed by atoms with van der Waals surface area (Å²) in [5.41, 5.74) is 8.78. The molecule has 1 fully saturated rings. The van der Waals surface area contributed by atoms with Gasteiger partial charge in [0.1, 0.15) is 5.75 Å². The quantitative estimate of drug-likeness (QED) is 0.317. The number of ether oxygens (including phenoxy) is 1. The Labute approximate surface area is 175 Å². The molecule has 1 saturated carbocycles. The first-order valence-electron chi connectivity index (χ1n) is 9.49. The van der Waals surface area contributed by atoms with Gasteiger partial charge in [0.05, 0.1) is 26.5 Å². The fourth-order valence-electron chi connectivity index (χ4n) is 2.94. The minimum absolute atomic E-state index is 0.142. The largest absolute Gasteiger partial charge is 0.453 e. The number of nitrogens with one attached hydrogen (secondary N) is 2. The number of halogens is 1. The van der Waals surface area contributed by atoms with Gasteiger partial charge in [0.25, 0.3) is 0 Å². The van der Waals surface area contributed by atoms with Gasteiger partial charge in [-0.05, 0) is 43.2 Å². The number of hydrazine groups is 1. The molecular formula is C22H17FN4O2S. The van der Waals surface area contributed by atoms with E-state index in [0.29, 0.717) is 23.0 Å². The Bertz CT molecular complexity index is 1220. The average molecular weight is 420 g/mol. The molecule has 0 bridgehead atoms. The van der Waals surface area contributed by atoms with E-state index in [1.54, 1.807) is 36.5 Å². The molecule has 0 spiro atoms. The molecule has 3 heterocycles. The molecule has 0 amide bonds. The lowest BCUT2D eigenvalue weighted by Crippen LogP contribution is -2.23. The van der Waals surface area contributed by atoms with Gasteiger partial charge >= 0.3 is 0 Å². The smallest absolute Gasteiger partial charge is 0.167 e. The molecule has 30 heavy (non-hydrogen) atoms. The lowest BCUT2D eigenvalue weighted by atomic mass is 10.2. The van der Waals surface area contributed by atoms with Gasteiger partial charge < -0.3 is 10.2 Å². The van der Waals surface area contributed by atoms with E-state index in [0.717, 1.165) is 39.9 Å². The molecule has 0 unspecified atom stereocenters. The van der Waals surface area contributed by atoms with Crippen LogP contribution in [-0.2, 0) is 0 Å². The lowest BCUT2D eigenvalue weighted by molar-refractivity contribution is 0.112. The summed E-state index contributed by atoms with van der Waals surface area (Å²) in [5.74, 6) is 0.213. The molecule has 0 atom stereocenters. The number of benzene rings is 1. The van der Waals surface area contributed by atoms with Crippen LogP contribution in [0.15, 0.2) is 54.9 Å². The lowest BCUT2D eigenvalue weighted by Gasteiger charge is -2.11. The molecule has 0 aliphatic heterocycles. The average Bonchev–Trinajstić information content (AvgIpc) is 3.50. The van der Waals surface area contributed by atoms with E-state index in [4.69, 9.17) is 4.74 Å². The van der Waals surface area contributed by atoms with Gasteiger partial charge in [-0.25, -0.2) is 9.82 Å². The number of thiophene rings is 1. The van der Waals surface area contributed by atoms with Crippen molar-refractivity contribution in [1.82, 2.24) is 15.4 Å². The van der Waals surface area contributed by atoms with Gasteiger partial charge in [0.15, 0.2) is 17.9 Å². The Kier molecular flexibility index (Phi) is 4.86. The minimum Gasteiger partial charge on any atom is -0.453 e. The van der Waals surface area contributed by atoms with Crippen molar-refractivity contribution >= 4 is 33.5 Å². The van der Waals surface area contributed by atoms with E-state index in [-0.39, 0.29) is 5.75 Å². The van der Waals surface area contributed by atoms with Crippen molar-refractivity contribution < 1.29 is 13.9 Å². The molecule has 0 saturated heterocycles. The van der Waals surface area contributed by atoms with Crippen LogP contribution >= 0.6 is 11.3 Å². The van der Waals surface area contributed by atoms with E-state index in [2.05, 4.69) is 20.8 Å². The topological polar surface area (TPSA) is 76.1 Å². The van der Waals surface area contributed by atoms with Crippen LogP contribution in [0.1, 0.15) is 23.2 Å². The Morgan fingerprint density at radius 2 is 2.00 bits per heavy atom. The summed E-state index contributed by atoms with van der Waals surface area (Å²) < 4.78 is 21.3. The van der Waals surface area contributed by atoms with Gasteiger partial charge in [-0.1, -0.05) is 0 Å². The number of rotatable bonds is 7. The first-order chi connectivity index (χ1) is 14.7. The predicted octanol–water partition coefficient (Wildman–Crippen LogP) is 5.18. The van der Waals surface area contributed by atoms with E-state index in [1.165, 1.54) is 23.6 Å². The molecule has 5 rings (SSSR count). The molecule has 6 nitrogen and oxygen atoms in total. The summed E-state index contributed by atoms with van der Waals surface area (Å²) in [7, 11) is 0. The zero-order valence-electron chi connectivity index (χ0n) is 15.8. The van der Waals surface area contributed by atoms with Gasteiger partial charge in [-0.3, -0.25) is 14.8 Å². The molecule has 4 aromatic rings. The third-order valence-corrected chi connectivity index (χ3v) is 5.86. The zero-order valence-corrected chi connectivity index (χ0v) is 16.6. The number of aromatic nitrogens is 2. The van der Waals surface area contributed by atoms with E-state index < -0.39 is 5.82 Å². The van der Waals surface area contributed by atoms with Crippen LogP contribution in [0, 0.1) is 5.82 Å². The number of aldehydes is 1. The maximum Gasteiger partial charge on any atom is 0.167 e. The molecule has 2 N–H and O–H groups in total. The second-order valence-corrected chi connectivity index (χ2v) is 8.07. The molecular weight excluding hydrogens is 403 g/mol. The van der Waals surface area contributed by atoms with E-state index >= 15 is 0 Å². The number of pyridine rings is 2. The molecule has 150 valence electrons. The summed E-state index contributed by atoms with van der Waals surface area (Å²) in [5, 5.41) is 0. The number of fused-ring (bicyclic) bond motifs is 1. The van der Waals surface area contributed by atoms with Crippen molar-refractivity contribution in [3.8, 4) is 22.1 Å². The van der Waals surface area contributed by atoms with Crippen LogP contribution in [0.3, 0.4) is 0 Å². The van der Waals surface area contributed by atoms with Crippen LogP contribution in [0.5, 0.6) is 11.5 Å². The monoisotopic (exact) mass is 420 g/mol. The maximum absolute atomic E-state index is 14.6. The SMILES string of the molecule is O=Cc1ccc(-c2cc3nccc(Oc4ccc(NNC5CC5)cc4F)c3s2)nc1. The Morgan fingerprint density at radius 3 is 2.73 bits per heavy atom. The third-order valence-electron chi connectivity index (χ3n) is 4.70. The summed E-state index contributed by atoms with van der Waals surface area (Å²) in [6.45, 7) is 0. The van der Waals surface area contributed by atoms with Crippen LogP contribution < -0.4 is 15.6 Å². The first-order valence-corrected chi connectivity index (χ1v) is 10.3. The van der Waals surface area contributed by atoms with Crippen LogP contribution in [0.4, 0.5) is 10.1 Å². The Balaban J connectivity index is 1.41. The molecule has 1 aromatic carbocycles. The zero-order chi connectivity index (χ0) is 20.5. The number of nitrogens with zero attached hydrogens (tertiary/aromatic N) is 2. The normalized spacial score (nSPS) is 13.4. The highest BCUT2D eigenvalue weighted by molar-refractivity contribution is 7.22. The molecule has 1 aliphatic rings. The second-order valence-electron chi connectivity index (χ2n) is 7.02. The highest BCUT2D eigenvalue weighted by Crippen LogP contribution is 2.39. The van der Waals surface area contributed by atoms with E-state index in [1.807, 2.05) is 6.07 Å². The van der Waals surface area contributed by atoms with Crippen LogP contribution in [0.2, 0.25) is 0 Å². The van der Waals surface area contributed by atoms with Crippen molar-refractivity contribution in [1.29, 1.82) is 0 Å². The molecule has 3 aromatic heterocycles. The number of hydrogen-bond donors (Lipinski definition) is 2. The first kappa shape index (κ1) is 18.7. The standard InChI is InChI=1S/C22H17FN4O2S/c23-16-9-15(27-26-14-2-3-14)4-6-19(16)29-20-7-8-24-18-10-21(30-22(18)20)17-5-1-13(12-28)11-25-17/h1,4-12,14,26-27H,2-3H2. The molecule has 0 radical (unpaired) electrons. The Morgan fingerprint density at radius 1 is 1.10 bits per heavy atom. The highest BCUT2D eigenvalue weighted by atomic mass is 32.1. The number of hydrogen-bond acceptors (Lipinski definition) is 7. The second kappa shape index (κ2) is 7.81. The summed E-state index contributed by atoms with van der Waals surface area (Å²) in [4.78, 5) is 20.4. The third kappa shape index (κ3) is 3.87. The number of carbonyl (C=O) groups is 1. The van der Waals surface area contributed by atoms with Crippen LogP contribution in [-0.4, -0.2) is 22.3 Å². The van der Waals surface area contributed by atoms with E-state index in [9.17, 15) is 9.18 Å². The van der Waals surface area contributed by atoms with Crippen molar-refractivity contribution in [2.24, 2.45) is 0 Å². The maximum atomic E-state index is 14.6. The van der Waals surface area contributed by atoms with Crippen molar-refractivity contribution in [3.05, 3.63) is 66.2 Å². The van der Waals surface area contributed by atoms with Gasteiger partial charge in [-0.2, -0.15) is 0 Å². The minimum atomic E-state index is -0.453. The summed E-state index contributed by atoms with van der Waals surface area (Å²) in [6, 6.07) is 12.4. The van der Waals surface area contributed by atoms with Crippen molar-refractivity contribution in [2.45, 2.75) is 18.9 Å². The molecule has 8 heteroatoms. The van der Waals surface area contributed by atoms with Gasteiger partial charge in [0.2, 0.25) is 0 Å². The fraction of sp³-hybridized carbons (Fsp3) is 0.136. The fourth-order valence-corrected chi connectivity index (χ4v) is 3.98. The number of anilines is 1. The van der Waals surface area contributed by atoms with Crippen molar-refractivity contribution in [3.63, 3.8) is 0 Å². The van der Waals surface area contributed by atoms with Crippen molar-refractivity contribution in [2.75, 3.05) is 5.43 Å². The Hall–Kier alpha value is -3.36.